The van der Waals surface area contributed by atoms with Crippen molar-refractivity contribution in [2.45, 2.75) is 41.6 Å². The maximum absolute atomic E-state index is 13.2. The summed E-state index contributed by atoms with van der Waals surface area (Å²) in [6.07, 6.45) is 5.18. The van der Waals surface area contributed by atoms with Gasteiger partial charge in [0.2, 0.25) is 0 Å². The monoisotopic (exact) mass is 423 g/mol. The lowest BCUT2D eigenvalue weighted by Crippen LogP contribution is -2.19. The molecule has 1 unspecified atom stereocenters. The van der Waals surface area contributed by atoms with Crippen molar-refractivity contribution in [1.29, 1.82) is 5.26 Å². The first-order valence-electron chi connectivity index (χ1n) is 8.38. The van der Waals surface area contributed by atoms with Crippen LogP contribution in [-0.2, 0) is 11.2 Å². The van der Waals surface area contributed by atoms with Gasteiger partial charge in [-0.05, 0) is 48.1 Å². The number of carbonyl (C=O) groups excluding carboxylic acids is 2. The minimum atomic E-state index is -0.264. The summed E-state index contributed by atoms with van der Waals surface area (Å²) in [4.78, 5) is 27.6. The quantitative estimate of drug-likeness (QED) is 0.341. The van der Waals surface area contributed by atoms with Crippen molar-refractivity contribution in [3.63, 3.8) is 0 Å². The summed E-state index contributed by atoms with van der Waals surface area (Å²) in [5, 5.41) is 9.22. The number of halogens is 1. The number of allylic oxidation sites excluding steroid dienone is 2. The second-order valence-corrected chi connectivity index (χ2v) is 10.2. The van der Waals surface area contributed by atoms with Gasteiger partial charge in [-0.25, -0.2) is 0 Å². The number of rotatable bonds is 6. The highest BCUT2D eigenvalue weighted by atomic mass is 35.5. The lowest BCUT2D eigenvalue weighted by atomic mass is 9.91. The van der Waals surface area contributed by atoms with E-state index in [9.17, 15) is 9.59 Å². The molecule has 26 heavy (non-hydrogen) atoms. The summed E-state index contributed by atoms with van der Waals surface area (Å²) >= 11 is 11.6. The molecular formula is C19H18ClNO2S3. The lowest BCUT2D eigenvalue weighted by molar-refractivity contribution is -0.115. The van der Waals surface area contributed by atoms with Crippen molar-refractivity contribution in [3.05, 3.63) is 38.8 Å². The van der Waals surface area contributed by atoms with E-state index < -0.39 is 0 Å². The van der Waals surface area contributed by atoms with E-state index in [4.69, 9.17) is 16.9 Å². The molecule has 2 aliphatic rings. The smallest absolute Gasteiger partial charge is 0.198 e. The van der Waals surface area contributed by atoms with Gasteiger partial charge in [-0.2, -0.15) is 17.0 Å². The number of hydrogen-bond donors (Lipinski definition) is 0. The zero-order valence-corrected chi connectivity index (χ0v) is 17.5. The fourth-order valence-corrected chi connectivity index (χ4v) is 6.63. The van der Waals surface area contributed by atoms with Crippen molar-refractivity contribution in [1.82, 2.24) is 0 Å². The molecule has 1 aromatic carbocycles. The number of fused-ring (bicyclic) bond motifs is 1. The lowest BCUT2D eigenvalue weighted by Gasteiger charge is -2.19. The second kappa shape index (κ2) is 8.88. The maximum Gasteiger partial charge on any atom is 0.198 e. The molecule has 0 aromatic heterocycles. The highest BCUT2D eigenvalue weighted by Gasteiger charge is 2.31. The minimum absolute atomic E-state index is 0.103. The fraction of sp³-hybridized carbons (Fsp3) is 0.421. The molecule has 7 heteroatoms. The van der Waals surface area contributed by atoms with E-state index >= 15 is 0 Å². The van der Waals surface area contributed by atoms with Crippen LogP contribution in [0, 0.1) is 11.3 Å². The molecular weight excluding hydrogens is 406 g/mol. The van der Waals surface area contributed by atoms with Gasteiger partial charge in [0, 0.05) is 29.1 Å². The van der Waals surface area contributed by atoms with E-state index in [-0.39, 0.29) is 17.1 Å². The molecule has 1 aromatic rings. The minimum Gasteiger partial charge on any atom is -0.294 e. The Morgan fingerprint density at radius 1 is 1.42 bits per heavy atom. The van der Waals surface area contributed by atoms with Crippen LogP contribution in [0.25, 0.3) is 0 Å². The van der Waals surface area contributed by atoms with E-state index in [0.29, 0.717) is 33.8 Å². The summed E-state index contributed by atoms with van der Waals surface area (Å²) in [6, 6.07) is 5.81. The van der Waals surface area contributed by atoms with Gasteiger partial charge in [-0.3, -0.25) is 9.59 Å². The molecule has 3 nitrogen and oxygen atoms in total. The van der Waals surface area contributed by atoms with Gasteiger partial charge in [-0.1, -0.05) is 11.6 Å². The van der Waals surface area contributed by atoms with Crippen LogP contribution in [-0.4, -0.2) is 28.2 Å². The van der Waals surface area contributed by atoms with Crippen LogP contribution in [0.3, 0.4) is 0 Å². The number of hydrogen-bond acceptors (Lipinski definition) is 6. The van der Waals surface area contributed by atoms with Crippen molar-refractivity contribution in [2.75, 3.05) is 12.0 Å². The molecule has 136 valence electrons. The molecule has 0 saturated carbocycles. The summed E-state index contributed by atoms with van der Waals surface area (Å²) < 4.78 is 0.417. The third kappa shape index (κ3) is 4.01. The Morgan fingerprint density at radius 2 is 2.23 bits per heavy atom. The van der Waals surface area contributed by atoms with Gasteiger partial charge < -0.3 is 0 Å². The van der Waals surface area contributed by atoms with Crippen molar-refractivity contribution in [2.24, 2.45) is 0 Å². The second-order valence-electron chi connectivity index (χ2n) is 6.05. The number of nitrogens with zero attached hydrogens (tertiary/aromatic N) is 1. The Morgan fingerprint density at radius 3 is 2.96 bits per heavy atom. The van der Waals surface area contributed by atoms with Crippen LogP contribution in [0.2, 0.25) is 5.02 Å². The normalized spacial score (nSPS) is 19.4. The number of thioether (sulfide) groups is 3. The molecule has 1 atom stereocenters. The third-order valence-corrected chi connectivity index (χ3v) is 8.64. The molecule has 0 amide bonds. The Labute approximate surface area is 171 Å². The van der Waals surface area contributed by atoms with Crippen molar-refractivity contribution >= 4 is 58.5 Å². The SMILES string of the molecule is CSC1Cc2c(ccc(C(=O)C3=C(SCCC#N)CCCC3=O)c2Cl)S1. The Bertz CT molecular complexity index is 829. The van der Waals surface area contributed by atoms with E-state index in [2.05, 4.69) is 12.3 Å². The average molecular weight is 424 g/mol. The van der Waals surface area contributed by atoms with E-state index in [0.717, 1.165) is 34.6 Å². The van der Waals surface area contributed by atoms with Crippen LogP contribution in [0.1, 0.15) is 41.6 Å². The summed E-state index contributed by atoms with van der Waals surface area (Å²) in [5.74, 6) is 0.230. The van der Waals surface area contributed by atoms with Crippen molar-refractivity contribution in [3.8, 4) is 6.07 Å². The molecule has 0 spiro atoms. The van der Waals surface area contributed by atoms with Crippen LogP contribution < -0.4 is 0 Å². The Kier molecular flexibility index (Phi) is 6.79. The van der Waals surface area contributed by atoms with E-state index in [1.54, 1.807) is 29.6 Å². The van der Waals surface area contributed by atoms with Gasteiger partial charge in [-0.15, -0.1) is 23.5 Å². The van der Waals surface area contributed by atoms with Gasteiger partial charge in [0.05, 0.1) is 21.2 Å². The van der Waals surface area contributed by atoms with Crippen molar-refractivity contribution < 1.29 is 9.59 Å². The van der Waals surface area contributed by atoms with E-state index in [1.165, 1.54) is 11.8 Å². The van der Waals surface area contributed by atoms with Gasteiger partial charge in [0.25, 0.3) is 0 Å². The molecule has 0 bridgehead atoms. The Hall–Kier alpha value is -0.870. The zero-order chi connectivity index (χ0) is 18.7. The number of Topliss-reactive ketones (excluding diaryl/α,β-unsaturated/α-hetero) is 2. The highest BCUT2D eigenvalue weighted by Crippen LogP contribution is 2.46. The first-order valence-corrected chi connectivity index (χ1v) is 11.9. The van der Waals surface area contributed by atoms with Gasteiger partial charge >= 0.3 is 0 Å². The molecule has 3 rings (SSSR count). The third-order valence-electron chi connectivity index (χ3n) is 4.42. The van der Waals surface area contributed by atoms with Gasteiger partial charge in [0.15, 0.2) is 11.6 Å². The molecule has 1 aliphatic heterocycles. The van der Waals surface area contributed by atoms with Gasteiger partial charge in [0.1, 0.15) is 0 Å². The number of nitriles is 1. The molecule has 0 N–H and O–H groups in total. The standard InChI is InChI=1S/C19H18ClNO2S3/c1-24-16-10-12-14(26-16)7-6-11(18(12)20)19(23)17-13(22)4-2-5-15(17)25-9-3-8-21/h6-7,16H,2-5,9-10H2,1H3. The zero-order valence-electron chi connectivity index (χ0n) is 14.3. The molecule has 1 heterocycles. The highest BCUT2D eigenvalue weighted by molar-refractivity contribution is 8.17. The first kappa shape index (κ1) is 19.9. The van der Waals surface area contributed by atoms with E-state index in [1.807, 2.05) is 6.07 Å². The molecule has 0 fully saturated rings. The van der Waals surface area contributed by atoms with Crippen LogP contribution in [0.5, 0.6) is 0 Å². The molecule has 0 radical (unpaired) electrons. The van der Waals surface area contributed by atoms with Crippen LogP contribution in [0.4, 0.5) is 0 Å². The first-order chi connectivity index (χ1) is 12.6. The van der Waals surface area contributed by atoms with Crippen LogP contribution in [0.15, 0.2) is 27.5 Å². The Balaban J connectivity index is 1.95. The molecule has 1 aliphatic carbocycles. The topological polar surface area (TPSA) is 57.9 Å². The summed E-state index contributed by atoms with van der Waals surface area (Å²) in [6.45, 7) is 0. The number of carbonyl (C=O) groups is 2. The summed E-state index contributed by atoms with van der Waals surface area (Å²) in [5.41, 5.74) is 1.73. The largest absolute Gasteiger partial charge is 0.294 e. The fourth-order valence-electron chi connectivity index (χ4n) is 3.13. The predicted octanol–water partition coefficient (Wildman–Crippen LogP) is 5.51. The number of ketones is 2. The van der Waals surface area contributed by atoms with Crippen LogP contribution >= 0.6 is 46.9 Å². The molecule has 0 saturated heterocycles. The number of benzene rings is 1. The summed E-state index contributed by atoms with van der Waals surface area (Å²) in [7, 11) is 0. The average Bonchev–Trinajstić information content (AvgIpc) is 3.06. The predicted molar refractivity (Wildman–Crippen MR) is 111 cm³/mol. The maximum atomic E-state index is 13.2.